The number of hydrazone groups is 2. The van der Waals surface area contributed by atoms with Gasteiger partial charge in [-0.15, -0.1) is 0 Å². The van der Waals surface area contributed by atoms with Gasteiger partial charge in [0.15, 0.2) is 0 Å². The third-order valence-corrected chi connectivity index (χ3v) is 5.16. The maximum atomic E-state index is 12.3. The summed E-state index contributed by atoms with van der Waals surface area (Å²) in [6, 6.07) is 9.27. The van der Waals surface area contributed by atoms with Gasteiger partial charge >= 0.3 is 88.7 Å². The molecule has 0 atom stereocenters. The monoisotopic (exact) mass is 490 g/mol. The summed E-state index contributed by atoms with van der Waals surface area (Å²) < 4.78 is 65.4. The topological polar surface area (TPSA) is 171 Å². The van der Waals surface area contributed by atoms with E-state index >= 15 is 0 Å². The maximum Gasteiger partial charge on any atom is 1.00 e. The van der Waals surface area contributed by atoms with Gasteiger partial charge in [-0.1, -0.05) is 6.21 Å². The molecule has 0 aliphatic carbocycles. The van der Waals surface area contributed by atoms with Crippen LogP contribution in [0.5, 0.6) is 0 Å². The molecule has 146 valence electrons. The fourth-order valence-corrected chi connectivity index (χ4v) is 3.05. The van der Waals surface area contributed by atoms with Gasteiger partial charge in [0, 0.05) is 5.69 Å². The molecule has 0 aromatic heterocycles. The molecule has 0 radical (unpaired) electrons. The molecule has 11 nitrogen and oxygen atoms in total. The van der Waals surface area contributed by atoms with Crippen LogP contribution >= 0.6 is 0 Å². The SMILES string of the molecule is O=C1/C(=N\Nc2ccc(S(=O)(=O)[O-])cc2)[C-]=NN1c1ccc(S(=O)(=O)[O-])cc1.[Na+].[Na+].[Na+]. The van der Waals surface area contributed by atoms with Crippen LogP contribution in [0.15, 0.2) is 68.5 Å². The molecule has 2 aromatic rings. The first-order valence-electron chi connectivity index (χ1n) is 7.32. The number of hydrogen-bond acceptors (Lipinski definition) is 10. The van der Waals surface area contributed by atoms with E-state index in [2.05, 4.69) is 21.8 Å². The van der Waals surface area contributed by atoms with Crippen LogP contribution in [0.4, 0.5) is 11.4 Å². The summed E-state index contributed by atoms with van der Waals surface area (Å²) in [7, 11) is -9.18. The minimum absolute atomic E-state index is 0. The van der Waals surface area contributed by atoms with Crippen LogP contribution in [-0.4, -0.2) is 43.8 Å². The standard InChI is InChI=1S/C15H11N4O7S2.3Na/c20-15-14(18-17-10-1-5-12(6-2-10)27(21,22)23)9-16-19(15)11-3-7-13(8-4-11)28(24,25)26;;;/h1-8,17H,(H,21,22,23)(H,24,25,26);;;/q-1;3*+1/p-2/b18-14-;;;. The van der Waals surface area contributed by atoms with Crippen LogP contribution in [0.3, 0.4) is 0 Å². The normalized spacial score (nSPS) is 14.5. The number of nitrogens with one attached hydrogen (secondary N) is 1. The molecular formula is C15H9N4Na3O7S2. The molecular weight excluding hydrogens is 481 g/mol. The Kier molecular flexibility index (Phi) is 12.3. The number of anilines is 2. The molecule has 0 saturated carbocycles. The first-order valence-corrected chi connectivity index (χ1v) is 10.1. The molecule has 1 N–H and O–H groups in total. The summed E-state index contributed by atoms with van der Waals surface area (Å²) >= 11 is 0. The van der Waals surface area contributed by atoms with Crippen molar-refractivity contribution < 1.29 is 119 Å². The zero-order chi connectivity index (χ0) is 20.5. The van der Waals surface area contributed by atoms with Crippen LogP contribution in [-0.2, 0) is 25.0 Å². The second-order valence-electron chi connectivity index (χ2n) is 5.33. The fraction of sp³-hybridized carbons (Fsp3) is 0. The smallest absolute Gasteiger partial charge is 0.744 e. The molecule has 0 spiro atoms. The number of rotatable bonds is 5. The second kappa shape index (κ2) is 12.4. The van der Waals surface area contributed by atoms with Crippen LogP contribution in [0.1, 0.15) is 0 Å². The predicted molar refractivity (Wildman–Crippen MR) is 94.8 cm³/mol. The van der Waals surface area contributed by atoms with Crippen molar-refractivity contribution in [2.45, 2.75) is 9.79 Å². The Bertz CT molecular complexity index is 1200. The van der Waals surface area contributed by atoms with E-state index in [1.165, 1.54) is 24.3 Å². The molecule has 1 aliphatic rings. The van der Waals surface area contributed by atoms with Crippen LogP contribution in [0.2, 0.25) is 0 Å². The van der Waals surface area contributed by atoms with Crippen LogP contribution < -0.4 is 99.1 Å². The molecule has 3 rings (SSSR count). The summed E-state index contributed by atoms with van der Waals surface area (Å²) in [5.41, 5.74) is 2.79. The van der Waals surface area contributed by atoms with Crippen molar-refractivity contribution in [3.05, 3.63) is 48.5 Å². The van der Waals surface area contributed by atoms with E-state index in [1.807, 2.05) is 0 Å². The number of benzene rings is 2. The molecule has 1 amide bonds. The number of nitrogens with zero attached hydrogens (tertiary/aromatic N) is 3. The zero-order valence-corrected chi connectivity index (χ0v) is 24.3. The van der Waals surface area contributed by atoms with Crippen LogP contribution in [0, 0.1) is 0 Å². The van der Waals surface area contributed by atoms with Gasteiger partial charge in [0.25, 0.3) is 0 Å². The molecule has 16 heteroatoms. The van der Waals surface area contributed by atoms with E-state index in [0.717, 1.165) is 29.3 Å². The zero-order valence-electron chi connectivity index (χ0n) is 16.6. The van der Waals surface area contributed by atoms with E-state index < -0.39 is 35.9 Å². The maximum absolute atomic E-state index is 12.3. The average molecular weight is 490 g/mol. The first kappa shape index (κ1) is 30.9. The molecule has 0 bridgehead atoms. The molecule has 0 saturated heterocycles. The Hall–Kier alpha value is -0.130. The van der Waals surface area contributed by atoms with Crippen molar-refractivity contribution in [1.82, 2.24) is 0 Å². The minimum Gasteiger partial charge on any atom is -0.744 e. The predicted octanol–water partition coefficient (Wildman–Crippen LogP) is -8.82. The van der Waals surface area contributed by atoms with Gasteiger partial charge in [-0.05, 0) is 54.2 Å². The van der Waals surface area contributed by atoms with E-state index in [4.69, 9.17) is 0 Å². The Morgan fingerprint density at radius 2 is 1.29 bits per heavy atom. The fourth-order valence-electron chi connectivity index (χ4n) is 2.11. The third-order valence-electron chi connectivity index (χ3n) is 3.46. The summed E-state index contributed by atoms with van der Waals surface area (Å²) in [5.74, 6) is -0.677. The van der Waals surface area contributed by atoms with Crippen LogP contribution in [0.25, 0.3) is 0 Å². The van der Waals surface area contributed by atoms with Gasteiger partial charge in [-0.2, -0.15) is 0 Å². The van der Waals surface area contributed by atoms with Crippen molar-refractivity contribution in [1.29, 1.82) is 0 Å². The molecule has 1 aliphatic heterocycles. The molecule has 2 aromatic carbocycles. The van der Waals surface area contributed by atoms with Crippen molar-refractivity contribution >= 4 is 49.4 Å². The quantitative estimate of drug-likeness (QED) is 0.186. The number of hydrogen-bond donors (Lipinski definition) is 1. The summed E-state index contributed by atoms with van der Waals surface area (Å²) in [4.78, 5) is 11.4. The first-order chi connectivity index (χ1) is 13.1. The van der Waals surface area contributed by atoms with E-state index in [-0.39, 0.29) is 100 Å². The second-order valence-corrected chi connectivity index (χ2v) is 8.09. The third kappa shape index (κ3) is 7.99. The summed E-state index contributed by atoms with van der Waals surface area (Å²) in [5, 5.41) is 8.43. The Morgan fingerprint density at radius 1 is 0.839 bits per heavy atom. The molecule has 0 fully saturated rings. The average Bonchev–Trinajstić information content (AvgIpc) is 2.99. The molecule has 0 unspecified atom stereocenters. The summed E-state index contributed by atoms with van der Waals surface area (Å²) in [6.07, 6.45) is 2.37. The number of carbonyl (C=O) groups is 1. The van der Waals surface area contributed by atoms with Crippen molar-refractivity contribution in [2.75, 3.05) is 10.4 Å². The van der Waals surface area contributed by atoms with Gasteiger partial charge in [0.1, 0.15) is 26.1 Å². The van der Waals surface area contributed by atoms with Crippen molar-refractivity contribution in [3.63, 3.8) is 0 Å². The molecule has 1 heterocycles. The van der Waals surface area contributed by atoms with Gasteiger partial charge in [0.2, 0.25) is 0 Å². The molecule has 31 heavy (non-hydrogen) atoms. The van der Waals surface area contributed by atoms with Gasteiger partial charge in [0.05, 0.1) is 15.5 Å². The van der Waals surface area contributed by atoms with E-state index in [9.17, 15) is 30.7 Å². The van der Waals surface area contributed by atoms with E-state index in [0.29, 0.717) is 5.69 Å². The summed E-state index contributed by atoms with van der Waals surface area (Å²) in [6.45, 7) is 0. The van der Waals surface area contributed by atoms with Gasteiger partial charge in [-0.25, -0.2) is 21.9 Å². The Labute approximate surface area is 244 Å². The van der Waals surface area contributed by atoms with E-state index in [1.54, 1.807) is 0 Å². The van der Waals surface area contributed by atoms with Crippen molar-refractivity contribution in [3.8, 4) is 0 Å². The largest absolute Gasteiger partial charge is 1.00 e. The van der Waals surface area contributed by atoms with Crippen molar-refractivity contribution in [2.24, 2.45) is 10.2 Å². The van der Waals surface area contributed by atoms with Gasteiger partial charge < -0.3 is 13.9 Å². The Morgan fingerprint density at radius 3 is 1.74 bits per heavy atom. The number of carbonyl (C=O) groups excluding carboxylic acids is 1. The number of amides is 1. The Balaban J connectivity index is 0.00000300. The minimum atomic E-state index is -4.61. The van der Waals surface area contributed by atoms with Gasteiger partial charge in [-0.3, -0.25) is 15.5 Å².